The molecule has 0 bridgehead atoms. The highest BCUT2D eigenvalue weighted by molar-refractivity contribution is 5.97. The number of hydrogen-bond donors (Lipinski definition) is 0. The molecule has 0 spiro atoms. The molecule has 2 atom stereocenters. The summed E-state index contributed by atoms with van der Waals surface area (Å²) in [5, 5.41) is 0. The Morgan fingerprint density at radius 2 is 2.06 bits per heavy atom. The molecule has 0 amide bonds. The van der Waals surface area contributed by atoms with E-state index in [0.717, 1.165) is 12.0 Å². The van der Waals surface area contributed by atoms with Crippen LogP contribution in [0.5, 0.6) is 0 Å². The molecule has 0 N–H and O–H groups in total. The molecule has 0 aromatic heterocycles. The van der Waals surface area contributed by atoms with Crippen LogP contribution < -0.4 is 0 Å². The van der Waals surface area contributed by atoms with Gasteiger partial charge in [-0.2, -0.15) is 0 Å². The zero-order chi connectivity index (χ0) is 13.0. The van der Waals surface area contributed by atoms with Crippen molar-refractivity contribution in [3.8, 4) is 0 Å². The molecule has 1 aromatic carbocycles. The molecule has 18 heavy (non-hydrogen) atoms. The number of ether oxygens (including phenoxy) is 2. The molecule has 1 aliphatic heterocycles. The van der Waals surface area contributed by atoms with E-state index in [9.17, 15) is 4.79 Å². The van der Waals surface area contributed by atoms with E-state index in [1.54, 1.807) is 6.92 Å². The van der Waals surface area contributed by atoms with Crippen molar-refractivity contribution < 1.29 is 14.3 Å². The molecule has 0 saturated heterocycles. The molecule has 0 saturated carbocycles. The first kappa shape index (κ1) is 12.6. The Bertz CT molecular complexity index is 442. The lowest BCUT2D eigenvalue weighted by Crippen LogP contribution is -2.33. The number of rotatable bonds is 4. The van der Waals surface area contributed by atoms with E-state index >= 15 is 0 Å². The van der Waals surface area contributed by atoms with E-state index in [-0.39, 0.29) is 12.0 Å². The van der Waals surface area contributed by atoms with Crippen molar-refractivity contribution in [1.82, 2.24) is 0 Å². The third-order valence-corrected chi connectivity index (χ3v) is 2.83. The van der Waals surface area contributed by atoms with Gasteiger partial charge in [0.2, 0.25) is 12.0 Å². The summed E-state index contributed by atoms with van der Waals surface area (Å²) in [4.78, 5) is 16.2. The largest absolute Gasteiger partial charge is 0.463 e. The number of nitrogens with zero attached hydrogens (tertiary/aromatic N) is 1. The molecular formula is C14H17NO3. The smallest absolute Gasteiger partial charge is 0.349 e. The molecule has 0 fully saturated rings. The highest BCUT2D eigenvalue weighted by Gasteiger charge is 2.37. The highest BCUT2D eigenvalue weighted by atomic mass is 16.6. The van der Waals surface area contributed by atoms with Crippen LogP contribution in [0.1, 0.15) is 25.8 Å². The number of aliphatic imine (C=N–C) groups is 1. The molecule has 4 nitrogen and oxygen atoms in total. The fourth-order valence-electron chi connectivity index (χ4n) is 1.91. The summed E-state index contributed by atoms with van der Waals surface area (Å²) in [6.07, 6.45) is 0.143. The van der Waals surface area contributed by atoms with Gasteiger partial charge in [0.15, 0.2) is 0 Å². The first-order chi connectivity index (χ1) is 8.76. The Hall–Kier alpha value is -1.84. The minimum atomic E-state index is -0.606. The van der Waals surface area contributed by atoms with Crippen LogP contribution in [-0.4, -0.2) is 30.6 Å². The molecule has 2 rings (SSSR count). The SMILES string of the molecule is CCOC(=O)C1OC(c2ccccc2)=NC1CC. The van der Waals surface area contributed by atoms with Crippen molar-refractivity contribution in [3.63, 3.8) is 0 Å². The van der Waals surface area contributed by atoms with E-state index in [1.807, 2.05) is 37.3 Å². The van der Waals surface area contributed by atoms with Crippen molar-refractivity contribution in [2.75, 3.05) is 6.61 Å². The highest BCUT2D eigenvalue weighted by Crippen LogP contribution is 2.21. The summed E-state index contributed by atoms with van der Waals surface area (Å²) in [6.45, 7) is 4.13. The minimum Gasteiger partial charge on any atom is -0.463 e. The van der Waals surface area contributed by atoms with Gasteiger partial charge in [0.25, 0.3) is 0 Å². The van der Waals surface area contributed by atoms with E-state index in [1.165, 1.54) is 0 Å². The Morgan fingerprint density at radius 1 is 1.33 bits per heavy atom. The standard InChI is InChI=1S/C14H17NO3/c1-3-11-12(14(16)17-4-2)18-13(15-11)10-8-6-5-7-9-10/h5-9,11-12H,3-4H2,1-2H3. The fourth-order valence-corrected chi connectivity index (χ4v) is 1.91. The van der Waals surface area contributed by atoms with Crippen molar-refractivity contribution in [2.45, 2.75) is 32.4 Å². The second-order valence-electron chi connectivity index (χ2n) is 4.07. The van der Waals surface area contributed by atoms with E-state index in [0.29, 0.717) is 12.5 Å². The number of carbonyl (C=O) groups excluding carboxylic acids is 1. The summed E-state index contributed by atoms with van der Waals surface area (Å²) in [5.41, 5.74) is 0.891. The Labute approximate surface area is 107 Å². The van der Waals surface area contributed by atoms with Crippen LogP contribution in [0.2, 0.25) is 0 Å². The molecule has 4 heteroatoms. The van der Waals surface area contributed by atoms with Gasteiger partial charge >= 0.3 is 5.97 Å². The Morgan fingerprint density at radius 3 is 2.67 bits per heavy atom. The first-order valence-corrected chi connectivity index (χ1v) is 6.22. The molecule has 96 valence electrons. The topological polar surface area (TPSA) is 47.9 Å². The van der Waals surface area contributed by atoms with E-state index in [2.05, 4.69) is 4.99 Å². The predicted octanol–water partition coefficient (Wildman–Crippen LogP) is 2.17. The van der Waals surface area contributed by atoms with Crippen LogP contribution in [0.25, 0.3) is 0 Å². The van der Waals surface area contributed by atoms with Gasteiger partial charge in [-0.3, -0.25) is 0 Å². The van der Waals surface area contributed by atoms with Crippen LogP contribution in [-0.2, 0) is 14.3 Å². The third-order valence-electron chi connectivity index (χ3n) is 2.83. The van der Waals surface area contributed by atoms with Crippen molar-refractivity contribution in [3.05, 3.63) is 35.9 Å². The second-order valence-corrected chi connectivity index (χ2v) is 4.07. The third kappa shape index (κ3) is 2.53. The Kier molecular flexibility index (Phi) is 3.97. The summed E-state index contributed by atoms with van der Waals surface area (Å²) < 4.78 is 10.6. The molecular weight excluding hydrogens is 230 g/mol. The van der Waals surface area contributed by atoms with Crippen molar-refractivity contribution >= 4 is 11.9 Å². The number of carbonyl (C=O) groups is 1. The maximum absolute atomic E-state index is 11.8. The minimum absolute atomic E-state index is 0.153. The van der Waals surface area contributed by atoms with Gasteiger partial charge in [0.1, 0.15) is 6.04 Å². The maximum Gasteiger partial charge on any atom is 0.349 e. The second kappa shape index (κ2) is 5.67. The summed E-state index contributed by atoms with van der Waals surface area (Å²) in [5.74, 6) is 0.194. The van der Waals surface area contributed by atoms with Crippen LogP contribution in [0.4, 0.5) is 0 Å². The summed E-state index contributed by atoms with van der Waals surface area (Å²) in [7, 11) is 0. The van der Waals surface area contributed by atoms with Crippen LogP contribution in [0.15, 0.2) is 35.3 Å². The number of hydrogen-bond acceptors (Lipinski definition) is 4. The zero-order valence-corrected chi connectivity index (χ0v) is 10.6. The molecule has 2 unspecified atom stereocenters. The van der Waals surface area contributed by atoms with Gasteiger partial charge in [-0.25, -0.2) is 9.79 Å². The monoisotopic (exact) mass is 247 g/mol. The van der Waals surface area contributed by atoms with Gasteiger partial charge < -0.3 is 9.47 Å². The predicted molar refractivity (Wildman–Crippen MR) is 68.6 cm³/mol. The Balaban J connectivity index is 2.15. The number of benzene rings is 1. The molecule has 1 aliphatic rings. The lowest BCUT2D eigenvalue weighted by molar-refractivity contribution is -0.152. The maximum atomic E-state index is 11.8. The van der Waals surface area contributed by atoms with Crippen LogP contribution in [0, 0.1) is 0 Å². The van der Waals surface area contributed by atoms with Gasteiger partial charge in [0, 0.05) is 5.56 Å². The van der Waals surface area contributed by atoms with E-state index < -0.39 is 6.10 Å². The molecule has 1 aromatic rings. The van der Waals surface area contributed by atoms with Gasteiger partial charge in [-0.05, 0) is 25.5 Å². The molecule has 0 aliphatic carbocycles. The average Bonchev–Trinajstić information content (AvgIpc) is 2.84. The first-order valence-electron chi connectivity index (χ1n) is 6.22. The van der Waals surface area contributed by atoms with Crippen molar-refractivity contribution in [1.29, 1.82) is 0 Å². The summed E-state index contributed by atoms with van der Waals surface area (Å²) >= 11 is 0. The van der Waals surface area contributed by atoms with Crippen LogP contribution in [0.3, 0.4) is 0 Å². The van der Waals surface area contributed by atoms with Crippen molar-refractivity contribution in [2.24, 2.45) is 4.99 Å². The van der Waals surface area contributed by atoms with Gasteiger partial charge in [0.05, 0.1) is 6.61 Å². The fraction of sp³-hybridized carbons (Fsp3) is 0.429. The number of esters is 1. The lowest BCUT2D eigenvalue weighted by Gasteiger charge is -2.14. The van der Waals surface area contributed by atoms with Gasteiger partial charge in [-0.1, -0.05) is 25.1 Å². The van der Waals surface area contributed by atoms with E-state index in [4.69, 9.17) is 9.47 Å². The molecule has 1 heterocycles. The lowest BCUT2D eigenvalue weighted by atomic mass is 10.1. The normalized spacial score (nSPS) is 22.2. The zero-order valence-electron chi connectivity index (χ0n) is 10.6. The average molecular weight is 247 g/mol. The quantitative estimate of drug-likeness (QED) is 0.766. The summed E-state index contributed by atoms with van der Waals surface area (Å²) in [6, 6.07) is 9.44. The molecule has 0 radical (unpaired) electrons. The van der Waals surface area contributed by atoms with Gasteiger partial charge in [-0.15, -0.1) is 0 Å². The van der Waals surface area contributed by atoms with Crippen LogP contribution >= 0.6 is 0 Å².